The molecule has 2 aliphatic rings. The highest BCUT2D eigenvalue weighted by Crippen LogP contribution is 2.42. The maximum atomic E-state index is 12.4. The Bertz CT molecular complexity index is 543. The number of benzene rings is 1. The van der Waals surface area contributed by atoms with E-state index < -0.39 is 5.72 Å². The topological polar surface area (TPSA) is 52.6 Å². The average Bonchev–Trinajstić information content (AvgIpc) is 2.72. The van der Waals surface area contributed by atoms with Gasteiger partial charge in [0.05, 0.1) is 5.69 Å². The van der Waals surface area contributed by atoms with E-state index in [0.29, 0.717) is 5.92 Å². The van der Waals surface area contributed by atoms with Crippen LogP contribution in [0.5, 0.6) is 0 Å². The minimum atomic E-state index is -1.49. The lowest BCUT2D eigenvalue weighted by Crippen LogP contribution is -2.54. The number of piperidine rings is 1. The molecule has 0 bridgehead atoms. The Hall–Kier alpha value is -1.39. The van der Waals surface area contributed by atoms with Crippen LogP contribution in [0.25, 0.3) is 0 Å². The zero-order chi connectivity index (χ0) is 14.3. The van der Waals surface area contributed by atoms with Crippen LogP contribution in [0.2, 0.25) is 0 Å². The summed E-state index contributed by atoms with van der Waals surface area (Å²) < 4.78 is 0. The molecule has 0 spiro atoms. The van der Waals surface area contributed by atoms with Gasteiger partial charge in [0.2, 0.25) is 5.72 Å². The third kappa shape index (κ3) is 1.86. The van der Waals surface area contributed by atoms with Crippen molar-refractivity contribution in [3.8, 4) is 0 Å². The highest BCUT2D eigenvalue weighted by Gasteiger charge is 2.51. The van der Waals surface area contributed by atoms with Crippen molar-refractivity contribution >= 4 is 11.6 Å². The molecule has 0 aliphatic carbocycles. The Kier molecular flexibility index (Phi) is 3.30. The second kappa shape index (κ2) is 4.86. The van der Waals surface area contributed by atoms with Crippen molar-refractivity contribution in [1.29, 1.82) is 0 Å². The van der Waals surface area contributed by atoms with E-state index in [2.05, 4.69) is 19.2 Å². The summed E-state index contributed by atoms with van der Waals surface area (Å²) >= 11 is 0. The number of fused-ring (bicyclic) bond motifs is 1. The standard InChI is InChI=1S/C16H22N2O2/c1-3-12-7-4-8-13-14(12)17-15(19)16(13,20)18-9-5-6-11(2)10-18/h4,7-8,11,20H,3,5-6,9-10H2,1-2H3,(H,17,19)/t11-,16-/m1/s1. The summed E-state index contributed by atoms with van der Waals surface area (Å²) in [5, 5.41) is 14.0. The van der Waals surface area contributed by atoms with Crippen molar-refractivity contribution in [2.45, 2.75) is 38.8 Å². The molecule has 1 fully saturated rings. The molecular weight excluding hydrogens is 252 g/mol. The number of carbonyl (C=O) groups excluding carboxylic acids is 1. The summed E-state index contributed by atoms with van der Waals surface area (Å²) in [5.74, 6) is 0.210. The molecule has 1 aromatic rings. The Balaban J connectivity index is 2.04. The maximum absolute atomic E-state index is 12.4. The van der Waals surface area contributed by atoms with Crippen LogP contribution in [0.3, 0.4) is 0 Å². The van der Waals surface area contributed by atoms with Crippen molar-refractivity contribution in [2.24, 2.45) is 5.92 Å². The number of para-hydroxylation sites is 1. The molecule has 0 saturated carbocycles. The molecule has 3 rings (SSSR count). The van der Waals surface area contributed by atoms with Gasteiger partial charge in [0, 0.05) is 18.7 Å². The monoisotopic (exact) mass is 274 g/mol. The Morgan fingerprint density at radius 3 is 3.00 bits per heavy atom. The third-order valence-corrected chi connectivity index (χ3v) is 4.58. The Morgan fingerprint density at radius 2 is 2.30 bits per heavy atom. The van der Waals surface area contributed by atoms with E-state index in [9.17, 15) is 9.90 Å². The van der Waals surface area contributed by atoms with E-state index >= 15 is 0 Å². The average molecular weight is 274 g/mol. The van der Waals surface area contributed by atoms with Crippen LogP contribution in [-0.4, -0.2) is 29.0 Å². The number of hydrogen-bond acceptors (Lipinski definition) is 3. The van der Waals surface area contributed by atoms with Gasteiger partial charge in [-0.2, -0.15) is 0 Å². The van der Waals surface area contributed by atoms with Gasteiger partial charge in [-0.1, -0.05) is 32.0 Å². The molecule has 4 heteroatoms. The van der Waals surface area contributed by atoms with E-state index in [0.717, 1.165) is 49.2 Å². The van der Waals surface area contributed by atoms with Crippen LogP contribution in [0.15, 0.2) is 18.2 Å². The molecule has 2 heterocycles. The van der Waals surface area contributed by atoms with Gasteiger partial charge in [0.1, 0.15) is 0 Å². The van der Waals surface area contributed by atoms with Gasteiger partial charge in [-0.05, 0) is 30.7 Å². The number of anilines is 1. The zero-order valence-corrected chi connectivity index (χ0v) is 12.1. The fraction of sp³-hybridized carbons (Fsp3) is 0.562. The largest absolute Gasteiger partial charge is 0.364 e. The highest BCUT2D eigenvalue weighted by atomic mass is 16.3. The smallest absolute Gasteiger partial charge is 0.276 e. The second-order valence-corrected chi connectivity index (χ2v) is 6.01. The molecule has 0 aromatic heterocycles. The molecule has 2 atom stereocenters. The summed E-state index contributed by atoms with van der Waals surface area (Å²) in [6, 6.07) is 5.80. The minimum Gasteiger partial charge on any atom is -0.364 e. The van der Waals surface area contributed by atoms with E-state index in [1.807, 2.05) is 23.1 Å². The Labute approximate surface area is 119 Å². The van der Waals surface area contributed by atoms with Gasteiger partial charge in [-0.3, -0.25) is 9.69 Å². The quantitative estimate of drug-likeness (QED) is 0.868. The van der Waals surface area contributed by atoms with Crippen LogP contribution in [0.4, 0.5) is 5.69 Å². The van der Waals surface area contributed by atoms with E-state index in [1.165, 1.54) is 0 Å². The molecule has 4 nitrogen and oxygen atoms in total. The van der Waals surface area contributed by atoms with Crippen molar-refractivity contribution < 1.29 is 9.90 Å². The fourth-order valence-electron chi connectivity index (χ4n) is 3.45. The lowest BCUT2D eigenvalue weighted by atomic mass is 9.93. The first-order chi connectivity index (χ1) is 9.57. The molecule has 2 N–H and O–H groups in total. The fourth-order valence-corrected chi connectivity index (χ4v) is 3.45. The predicted molar refractivity (Wildman–Crippen MR) is 78.3 cm³/mol. The van der Waals surface area contributed by atoms with Gasteiger partial charge in [-0.25, -0.2) is 0 Å². The molecule has 1 saturated heterocycles. The summed E-state index contributed by atoms with van der Waals surface area (Å²) in [5.41, 5.74) is 1.11. The van der Waals surface area contributed by atoms with Gasteiger partial charge in [0.15, 0.2) is 0 Å². The lowest BCUT2D eigenvalue weighted by molar-refractivity contribution is -0.163. The third-order valence-electron chi connectivity index (χ3n) is 4.58. The van der Waals surface area contributed by atoms with E-state index in [-0.39, 0.29) is 5.91 Å². The number of rotatable bonds is 2. The Morgan fingerprint density at radius 1 is 1.50 bits per heavy atom. The molecule has 1 amide bonds. The summed E-state index contributed by atoms with van der Waals surface area (Å²) in [6.07, 6.45) is 3.03. The van der Waals surface area contributed by atoms with Gasteiger partial charge < -0.3 is 10.4 Å². The first-order valence-corrected chi connectivity index (χ1v) is 7.48. The first-order valence-electron chi connectivity index (χ1n) is 7.48. The second-order valence-electron chi connectivity index (χ2n) is 6.01. The zero-order valence-electron chi connectivity index (χ0n) is 12.1. The SMILES string of the molecule is CCc1cccc2c1NC(=O)[C@@]2(O)N1CCC[C@@H](C)C1. The molecule has 1 aromatic carbocycles. The number of amides is 1. The summed E-state index contributed by atoms with van der Waals surface area (Å²) in [6.45, 7) is 5.76. The number of carbonyl (C=O) groups is 1. The molecule has 108 valence electrons. The van der Waals surface area contributed by atoms with Crippen molar-refractivity contribution in [1.82, 2.24) is 4.90 Å². The molecule has 0 unspecified atom stereocenters. The number of aryl methyl sites for hydroxylation is 1. The van der Waals surface area contributed by atoms with Crippen LogP contribution in [0, 0.1) is 5.92 Å². The normalized spacial score (nSPS) is 30.1. The maximum Gasteiger partial charge on any atom is 0.276 e. The number of nitrogens with zero attached hydrogens (tertiary/aromatic N) is 1. The highest BCUT2D eigenvalue weighted by molar-refractivity contribution is 6.05. The molecular formula is C16H22N2O2. The van der Waals surface area contributed by atoms with Crippen LogP contribution in [0.1, 0.15) is 37.8 Å². The number of aliphatic hydroxyl groups is 1. The van der Waals surface area contributed by atoms with E-state index in [4.69, 9.17) is 0 Å². The van der Waals surface area contributed by atoms with E-state index in [1.54, 1.807) is 0 Å². The van der Waals surface area contributed by atoms with Gasteiger partial charge in [0.25, 0.3) is 5.91 Å². The number of nitrogens with one attached hydrogen (secondary N) is 1. The van der Waals surface area contributed by atoms with Crippen molar-refractivity contribution in [3.63, 3.8) is 0 Å². The van der Waals surface area contributed by atoms with Crippen molar-refractivity contribution in [2.75, 3.05) is 18.4 Å². The van der Waals surface area contributed by atoms with Gasteiger partial charge in [-0.15, -0.1) is 0 Å². The van der Waals surface area contributed by atoms with Crippen LogP contribution >= 0.6 is 0 Å². The lowest BCUT2D eigenvalue weighted by Gasteiger charge is -2.39. The summed E-state index contributed by atoms with van der Waals surface area (Å²) in [7, 11) is 0. The predicted octanol–water partition coefficient (Wildman–Crippen LogP) is 2.08. The number of hydrogen-bond donors (Lipinski definition) is 2. The molecule has 0 radical (unpaired) electrons. The molecule has 20 heavy (non-hydrogen) atoms. The van der Waals surface area contributed by atoms with Crippen LogP contribution < -0.4 is 5.32 Å². The molecule has 2 aliphatic heterocycles. The summed E-state index contributed by atoms with van der Waals surface area (Å²) in [4.78, 5) is 14.4. The first kappa shape index (κ1) is 13.6. The van der Waals surface area contributed by atoms with Crippen molar-refractivity contribution in [3.05, 3.63) is 29.3 Å². The minimum absolute atomic E-state index is 0.303. The van der Waals surface area contributed by atoms with Gasteiger partial charge >= 0.3 is 0 Å². The van der Waals surface area contributed by atoms with Crippen LogP contribution in [-0.2, 0) is 16.9 Å². The number of likely N-dealkylation sites (tertiary alicyclic amines) is 1.